The van der Waals surface area contributed by atoms with Crippen molar-refractivity contribution in [3.63, 3.8) is 0 Å². The summed E-state index contributed by atoms with van der Waals surface area (Å²) in [6.07, 6.45) is 2.45. The maximum atomic E-state index is 13.2. The Hall–Kier alpha value is -4.07. The Balaban J connectivity index is 1.51. The molecule has 1 aliphatic heterocycles. The minimum Gasteiger partial charge on any atom is -0.486 e. The number of amides is 1. The van der Waals surface area contributed by atoms with E-state index in [9.17, 15) is 9.59 Å². The molecule has 0 unspecified atom stereocenters. The van der Waals surface area contributed by atoms with Crippen molar-refractivity contribution in [3.8, 4) is 17.2 Å². The molecular formula is C24H22N4O4. The second-order valence-corrected chi connectivity index (χ2v) is 7.48. The van der Waals surface area contributed by atoms with Crippen molar-refractivity contribution in [2.75, 3.05) is 18.5 Å². The van der Waals surface area contributed by atoms with E-state index in [4.69, 9.17) is 9.47 Å². The quantitative estimate of drug-likeness (QED) is 0.526. The molecule has 32 heavy (non-hydrogen) atoms. The van der Waals surface area contributed by atoms with Crippen molar-refractivity contribution >= 4 is 22.6 Å². The molecule has 8 nitrogen and oxygen atoms in total. The molecule has 3 heterocycles. The standard InChI is InChI=1S/C24H22N4O4/c1-2-16-5-3-6-18(13-16)28-24(30)19-7-4-10-25-23(19)27(28)15-22(29)26-17-8-9-20-21(14-17)32-12-11-31-20/h3-10,13-14H,2,11-12,15H2,1H3,(H,26,29). The highest BCUT2D eigenvalue weighted by Gasteiger charge is 2.19. The molecule has 5 rings (SSSR count). The van der Waals surface area contributed by atoms with Crippen LogP contribution in [0.25, 0.3) is 16.7 Å². The molecular weight excluding hydrogens is 408 g/mol. The number of ether oxygens (including phenoxy) is 2. The third kappa shape index (κ3) is 3.60. The lowest BCUT2D eigenvalue weighted by Gasteiger charge is -2.19. The third-order valence-corrected chi connectivity index (χ3v) is 5.38. The Bertz CT molecular complexity index is 1370. The molecule has 0 saturated carbocycles. The van der Waals surface area contributed by atoms with Crippen molar-refractivity contribution in [2.24, 2.45) is 0 Å². The van der Waals surface area contributed by atoms with Crippen LogP contribution in [0.15, 0.2) is 65.6 Å². The molecule has 162 valence electrons. The molecule has 1 amide bonds. The van der Waals surface area contributed by atoms with Crippen molar-refractivity contribution in [1.82, 2.24) is 14.3 Å². The van der Waals surface area contributed by atoms with E-state index in [1.165, 1.54) is 4.68 Å². The van der Waals surface area contributed by atoms with Gasteiger partial charge in [-0.2, -0.15) is 0 Å². The molecule has 0 aliphatic carbocycles. The predicted molar refractivity (Wildman–Crippen MR) is 121 cm³/mol. The highest BCUT2D eigenvalue weighted by molar-refractivity contribution is 5.91. The fourth-order valence-corrected chi connectivity index (χ4v) is 3.86. The number of aryl methyl sites for hydroxylation is 1. The lowest BCUT2D eigenvalue weighted by atomic mass is 10.1. The van der Waals surface area contributed by atoms with Gasteiger partial charge in [0.2, 0.25) is 5.91 Å². The molecule has 0 spiro atoms. The van der Waals surface area contributed by atoms with Gasteiger partial charge in [0, 0.05) is 18.0 Å². The van der Waals surface area contributed by atoms with Gasteiger partial charge in [-0.3, -0.25) is 14.3 Å². The van der Waals surface area contributed by atoms with E-state index in [1.807, 2.05) is 24.3 Å². The Morgan fingerprint density at radius 2 is 1.91 bits per heavy atom. The molecule has 0 bridgehead atoms. The number of rotatable bonds is 5. The number of aromatic nitrogens is 3. The molecule has 0 fully saturated rings. The third-order valence-electron chi connectivity index (χ3n) is 5.38. The molecule has 0 radical (unpaired) electrons. The van der Waals surface area contributed by atoms with Crippen LogP contribution in [-0.4, -0.2) is 33.5 Å². The number of benzene rings is 2. The number of nitrogens with zero attached hydrogens (tertiary/aromatic N) is 3. The molecule has 2 aromatic heterocycles. The molecule has 0 saturated heterocycles. The van der Waals surface area contributed by atoms with Crippen molar-refractivity contribution in [2.45, 2.75) is 19.9 Å². The zero-order valence-electron chi connectivity index (χ0n) is 17.6. The molecule has 4 aromatic rings. The first-order valence-corrected chi connectivity index (χ1v) is 10.5. The van der Waals surface area contributed by atoms with Gasteiger partial charge in [0.25, 0.3) is 5.56 Å². The average Bonchev–Trinajstić information content (AvgIpc) is 3.10. The van der Waals surface area contributed by atoms with E-state index in [2.05, 4.69) is 17.2 Å². The second-order valence-electron chi connectivity index (χ2n) is 7.48. The second kappa shape index (κ2) is 8.22. The molecule has 1 aliphatic rings. The van der Waals surface area contributed by atoms with Crippen LogP contribution in [0.5, 0.6) is 11.5 Å². The van der Waals surface area contributed by atoms with Gasteiger partial charge in [0.05, 0.1) is 11.1 Å². The minimum absolute atomic E-state index is 0.0828. The Labute approximate surface area is 184 Å². The maximum Gasteiger partial charge on any atom is 0.280 e. The number of hydrogen-bond donors (Lipinski definition) is 1. The van der Waals surface area contributed by atoms with E-state index >= 15 is 0 Å². The van der Waals surface area contributed by atoms with E-state index in [0.717, 1.165) is 12.0 Å². The van der Waals surface area contributed by atoms with Crippen LogP contribution in [0.2, 0.25) is 0 Å². The fourth-order valence-electron chi connectivity index (χ4n) is 3.86. The largest absolute Gasteiger partial charge is 0.486 e. The summed E-state index contributed by atoms with van der Waals surface area (Å²) in [7, 11) is 0. The van der Waals surface area contributed by atoms with Crippen molar-refractivity contribution < 1.29 is 14.3 Å². The molecule has 1 N–H and O–H groups in total. The Morgan fingerprint density at radius 3 is 2.75 bits per heavy atom. The van der Waals surface area contributed by atoms with Crippen LogP contribution in [0.3, 0.4) is 0 Å². The van der Waals surface area contributed by atoms with Gasteiger partial charge in [0.1, 0.15) is 19.8 Å². The predicted octanol–water partition coefficient (Wildman–Crippen LogP) is 3.16. The van der Waals surface area contributed by atoms with Gasteiger partial charge in [-0.25, -0.2) is 9.67 Å². The monoisotopic (exact) mass is 430 g/mol. The van der Waals surface area contributed by atoms with Crippen LogP contribution < -0.4 is 20.3 Å². The Kier molecular flexibility index (Phi) is 5.10. The highest BCUT2D eigenvalue weighted by Crippen LogP contribution is 2.32. The topological polar surface area (TPSA) is 87.4 Å². The first-order valence-electron chi connectivity index (χ1n) is 10.5. The minimum atomic E-state index is -0.287. The summed E-state index contributed by atoms with van der Waals surface area (Å²) >= 11 is 0. The summed E-state index contributed by atoms with van der Waals surface area (Å²) in [5.74, 6) is 0.958. The number of hydrogen-bond acceptors (Lipinski definition) is 5. The van der Waals surface area contributed by atoms with E-state index < -0.39 is 0 Å². The maximum absolute atomic E-state index is 13.2. The van der Waals surface area contributed by atoms with Gasteiger partial charge in [-0.15, -0.1) is 0 Å². The lowest BCUT2D eigenvalue weighted by Crippen LogP contribution is -2.27. The number of anilines is 1. The van der Waals surface area contributed by atoms with Gasteiger partial charge < -0.3 is 14.8 Å². The van der Waals surface area contributed by atoms with E-state index in [1.54, 1.807) is 41.2 Å². The molecule has 8 heteroatoms. The fraction of sp³-hybridized carbons (Fsp3) is 0.208. The van der Waals surface area contributed by atoms with Crippen LogP contribution in [-0.2, 0) is 17.8 Å². The number of pyridine rings is 1. The van der Waals surface area contributed by atoms with Gasteiger partial charge in [-0.05, 0) is 48.4 Å². The molecule has 0 atom stereocenters. The number of carbonyl (C=O) groups is 1. The zero-order chi connectivity index (χ0) is 22.1. The SMILES string of the molecule is CCc1cccc(-n2c(=O)c3cccnc3n2CC(=O)Nc2ccc3c(c2)OCCO3)c1. The number of fused-ring (bicyclic) bond motifs is 2. The van der Waals surface area contributed by atoms with Gasteiger partial charge >= 0.3 is 0 Å². The smallest absolute Gasteiger partial charge is 0.280 e. The summed E-state index contributed by atoms with van der Waals surface area (Å²) in [6, 6.07) is 16.4. The van der Waals surface area contributed by atoms with Crippen molar-refractivity contribution in [1.29, 1.82) is 0 Å². The summed E-state index contributed by atoms with van der Waals surface area (Å²) in [4.78, 5) is 30.5. The average molecular weight is 430 g/mol. The molecule has 2 aromatic carbocycles. The summed E-state index contributed by atoms with van der Waals surface area (Å²) < 4.78 is 14.2. The van der Waals surface area contributed by atoms with Gasteiger partial charge in [0.15, 0.2) is 17.1 Å². The normalized spacial score (nSPS) is 12.7. The lowest BCUT2D eigenvalue weighted by molar-refractivity contribution is -0.116. The van der Waals surface area contributed by atoms with Crippen molar-refractivity contribution in [3.05, 3.63) is 76.7 Å². The summed E-state index contributed by atoms with van der Waals surface area (Å²) in [5, 5.41) is 3.34. The number of carbonyl (C=O) groups excluding carboxylic acids is 1. The first kappa shape index (κ1) is 19.9. The van der Waals surface area contributed by atoms with Crippen LogP contribution in [0.1, 0.15) is 12.5 Å². The summed E-state index contributed by atoms with van der Waals surface area (Å²) in [5.41, 5.74) is 2.62. The van der Waals surface area contributed by atoms with E-state index in [-0.39, 0.29) is 18.0 Å². The summed E-state index contributed by atoms with van der Waals surface area (Å²) in [6.45, 7) is 2.94. The first-order chi connectivity index (χ1) is 15.6. The Morgan fingerprint density at radius 1 is 1.06 bits per heavy atom. The zero-order valence-corrected chi connectivity index (χ0v) is 17.6. The van der Waals surface area contributed by atoms with Crippen LogP contribution >= 0.6 is 0 Å². The highest BCUT2D eigenvalue weighted by atomic mass is 16.6. The van der Waals surface area contributed by atoms with Crippen LogP contribution in [0, 0.1) is 0 Å². The van der Waals surface area contributed by atoms with Gasteiger partial charge in [-0.1, -0.05) is 19.1 Å². The number of nitrogens with one attached hydrogen (secondary N) is 1. The van der Waals surface area contributed by atoms with E-state index in [0.29, 0.717) is 47.1 Å². The van der Waals surface area contributed by atoms with Crippen LogP contribution in [0.4, 0.5) is 5.69 Å².